The van der Waals surface area contributed by atoms with Crippen molar-refractivity contribution in [2.24, 2.45) is 0 Å². The summed E-state index contributed by atoms with van der Waals surface area (Å²) in [6.45, 7) is 3.95. The number of hydrogen-bond donors (Lipinski definition) is 2. The first-order chi connectivity index (χ1) is 9.56. The Morgan fingerprint density at radius 2 is 2.00 bits per heavy atom. The fourth-order valence-electron chi connectivity index (χ4n) is 2.02. The summed E-state index contributed by atoms with van der Waals surface area (Å²) in [4.78, 5) is 16.2. The predicted octanol–water partition coefficient (Wildman–Crippen LogP) is 3.10. The fourth-order valence-corrected chi connectivity index (χ4v) is 2.02. The summed E-state index contributed by atoms with van der Waals surface area (Å²) < 4.78 is 0. The molecule has 1 atom stereocenters. The van der Waals surface area contributed by atoms with Crippen molar-refractivity contribution in [3.63, 3.8) is 0 Å². The van der Waals surface area contributed by atoms with Gasteiger partial charge in [-0.2, -0.15) is 0 Å². The smallest absolute Gasteiger partial charge is 0.226 e. The average Bonchev–Trinajstić information content (AvgIpc) is 2.42. The van der Waals surface area contributed by atoms with Crippen LogP contribution in [0.3, 0.4) is 0 Å². The van der Waals surface area contributed by atoms with Crippen LogP contribution in [-0.2, 0) is 4.79 Å². The van der Waals surface area contributed by atoms with Gasteiger partial charge in [-0.3, -0.25) is 4.79 Å². The third-order valence-electron chi connectivity index (χ3n) is 3.26. The number of nitrogens with zero attached hydrogens (tertiary/aromatic N) is 1. The van der Waals surface area contributed by atoms with Crippen molar-refractivity contribution in [1.29, 1.82) is 0 Å². The van der Waals surface area contributed by atoms with E-state index in [1.807, 2.05) is 50.2 Å². The van der Waals surface area contributed by atoms with E-state index in [1.165, 1.54) is 0 Å². The number of benzene rings is 1. The van der Waals surface area contributed by atoms with Gasteiger partial charge in [0, 0.05) is 18.3 Å². The zero-order valence-electron chi connectivity index (χ0n) is 11.8. The lowest BCUT2D eigenvalue weighted by atomic mass is 9.97. The number of aryl methyl sites for hydroxylation is 1. The van der Waals surface area contributed by atoms with Gasteiger partial charge in [-0.05, 0) is 42.2 Å². The standard InChI is InChI=1S/C16H19N3O/c1-11-4-3-9-18-16(11)19-15(20)10-12(2)13-5-7-14(17)8-6-13/h3-9,12H,10,17H2,1-2H3,(H,18,19,20). The third-order valence-corrected chi connectivity index (χ3v) is 3.26. The first kappa shape index (κ1) is 14.1. The van der Waals surface area contributed by atoms with Crippen molar-refractivity contribution in [2.75, 3.05) is 11.1 Å². The predicted molar refractivity (Wildman–Crippen MR) is 81.5 cm³/mol. The summed E-state index contributed by atoms with van der Waals surface area (Å²) in [6.07, 6.45) is 2.09. The molecule has 1 aromatic heterocycles. The zero-order chi connectivity index (χ0) is 14.5. The van der Waals surface area contributed by atoms with E-state index in [1.54, 1.807) is 6.20 Å². The fraction of sp³-hybridized carbons (Fsp3) is 0.250. The maximum atomic E-state index is 12.0. The molecular weight excluding hydrogens is 250 g/mol. The highest BCUT2D eigenvalue weighted by Crippen LogP contribution is 2.21. The summed E-state index contributed by atoms with van der Waals surface area (Å²) in [5.74, 6) is 0.734. The summed E-state index contributed by atoms with van der Waals surface area (Å²) in [7, 11) is 0. The molecule has 0 saturated heterocycles. The number of hydrogen-bond acceptors (Lipinski definition) is 3. The molecule has 1 heterocycles. The van der Waals surface area contributed by atoms with Crippen molar-refractivity contribution in [1.82, 2.24) is 4.98 Å². The van der Waals surface area contributed by atoms with Gasteiger partial charge in [0.25, 0.3) is 0 Å². The van der Waals surface area contributed by atoms with Crippen molar-refractivity contribution < 1.29 is 4.79 Å². The SMILES string of the molecule is Cc1cccnc1NC(=O)CC(C)c1ccc(N)cc1. The molecule has 1 amide bonds. The van der Waals surface area contributed by atoms with E-state index in [0.29, 0.717) is 12.2 Å². The van der Waals surface area contributed by atoms with Crippen LogP contribution in [-0.4, -0.2) is 10.9 Å². The molecule has 2 aromatic rings. The van der Waals surface area contributed by atoms with Gasteiger partial charge in [-0.25, -0.2) is 4.98 Å². The summed E-state index contributed by atoms with van der Waals surface area (Å²) in [5.41, 5.74) is 8.45. The minimum absolute atomic E-state index is 0.0314. The molecule has 2 rings (SSSR count). The number of nitrogens with one attached hydrogen (secondary N) is 1. The van der Waals surface area contributed by atoms with Gasteiger partial charge in [-0.15, -0.1) is 0 Å². The Labute approximate surface area is 119 Å². The Bertz CT molecular complexity index is 593. The Balaban J connectivity index is 1.98. The van der Waals surface area contributed by atoms with Crippen LogP contribution in [0.4, 0.5) is 11.5 Å². The van der Waals surface area contributed by atoms with E-state index in [9.17, 15) is 4.79 Å². The number of pyridine rings is 1. The summed E-state index contributed by atoms with van der Waals surface area (Å²) in [6, 6.07) is 11.4. The number of carbonyl (C=O) groups excluding carboxylic acids is 1. The molecule has 0 aliphatic carbocycles. The van der Waals surface area contributed by atoms with Crippen LogP contribution in [0.1, 0.15) is 30.4 Å². The van der Waals surface area contributed by atoms with E-state index in [0.717, 1.165) is 16.8 Å². The molecule has 104 valence electrons. The number of amides is 1. The molecule has 0 saturated carbocycles. The van der Waals surface area contributed by atoms with Crippen LogP contribution in [0.5, 0.6) is 0 Å². The molecule has 4 nitrogen and oxygen atoms in total. The van der Waals surface area contributed by atoms with E-state index in [2.05, 4.69) is 10.3 Å². The highest BCUT2D eigenvalue weighted by Gasteiger charge is 2.12. The Morgan fingerprint density at radius 3 is 2.65 bits per heavy atom. The molecule has 0 aliphatic rings. The van der Waals surface area contributed by atoms with Crippen LogP contribution in [0.15, 0.2) is 42.6 Å². The van der Waals surface area contributed by atoms with Crippen LogP contribution < -0.4 is 11.1 Å². The van der Waals surface area contributed by atoms with Crippen molar-refractivity contribution in [3.05, 3.63) is 53.7 Å². The average molecular weight is 269 g/mol. The van der Waals surface area contributed by atoms with Crippen LogP contribution in [0, 0.1) is 6.92 Å². The second kappa shape index (κ2) is 6.19. The van der Waals surface area contributed by atoms with Gasteiger partial charge >= 0.3 is 0 Å². The Morgan fingerprint density at radius 1 is 1.30 bits per heavy atom. The van der Waals surface area contributed by atoms with Gasteiger partial charge in [0.2, 0.25) is 5.91 Å². The van der Waals surface area contributed by atoms with Crippen LogP contribution in [0.2, 0.25) is 0 Å². The van der Waals surface area contributed by atoms with Crippen molar-refractivity contribution in [3.8, 4) is 0 Å². The lowest BCUT2D eigenvalue weighted by Gasteiger charge is -2.12. The number of rotatable bonds is 4. The molecule has 0 aliphatic heterocycles. The van der Waals surface area contributed by atoms with Gasteiger partial charge in [-0.1, -0.05) is 25.1 Å². The third kappa shape index (κ3) is 3.57. The molecule has 0 radical (unpaired) electrons. The van der Waals surface area contributed by atoms with E-state index in [-0.39, 0.29) is 11.8 Å². The van der Waals surface area contributed by atoms with Crippen molar-refractivity contribution >= 4 is 17.4 Å². The molecule has 20 heavy (non-hydrogen) atoms. The molecule has 0 bridgehead atoms. The minimum atomic E-state index is -0.0314. The number of carbonyl (C=O) groups is 1. The van der Waals surface area contributed by atoms with Crippen molar-refractivity contribution in [2.45, 2.75) is 26.2 Å². The number of nitrogens with two attached hydrogens (primary N) is 1. The first-order valence-electron chi connectivity index (χ1n) is 6.63. The zero-order valence-corrected chi connectivity index (χ0v) is 11.8. The van der Waals surface area contributed by atoms with Gasteiger partial charge in [0.15, 0.2) is 0 Å². The minimum Gasteiger partial charge on any atom is -0.399 e. The molecule has 0 fully saturated rings. The molecule has 1 aromatic carbocycles. The van der Waals surface area contributed by atoms with E-state index < -0.39 is 0 Å². The second-order valence-electron chi connectivity index (χ2n) is 4.99. The maximum absolute atomic E-state index is 12.0. The van der Waals surface area contributed by atoms with Gasteiger partial charge in [0.1, 0.15) is 5.82 Å². The molecule has 0 spiro atoms. The normalized spacial score (nSPS) is 11.9. The highest BCUT2D eigenvalue weighted by atomic mass is 16.1. The monoisotopic (exact) mass is 269 g/mol. The van der Waals surface area contributed by atoms with E-state index in [4.69, 9.17) is 5.73 Å². The van der Waals surface area contributed by atoms with Crippen LogP contribution in [0.25, 0.3) is 0 Å². The summed E-state index contributed by atoms with van der Waals surface area (Å²) >= 11 is 0. The lowest BCUT2D eigenvalue weighted by molar-refractivity contribution is -0.116. The highest BCUT2D eigenvalue weighted by molar-refractivity contribution is 5.90. The lowest BCUT2D eigenvalue weighted by Crippen LogP contribution is -2.16. The maximum Gasteiger partial charge on any atom is 0.226 e. The number of anilines is 2. The number of nitrogen functional groups attached to an aromatic ring is 1. The second-order valence-corrected chi connectivity index (χ2v) is 4.99. The molecular formula is C16H19N3O. The first-order valence-corrected chi connectivity index (χ1v) is 6.63. The molecule has 1 unspecified atom stereocenters. The molecule has 4 heteroatoms. The number of aromatic nitrogens is 1. The van der Waals surface area contributed by atoms with Gasteiger partial charge < -0.3 is 11.1 Å². The summed E-state index contributed by atoms with van der Waals surface area (Å²) in [5, 5.41) is 2.85. The Hall–Kier alpha value is -2.36. The molecule has 3 N–H and O–H groups in total. The van der Waals surface area contributed by atoms with Crippen LogP contribution >= 0.6 is 0 Å². The van der Waals surface area contributed by atoms with Gasteiger partial charge in [0.05, 0.1) is 0 Å². The quantitative estimate of drug-likeness (QED) is 0.838. The Kier molecular flexibility index (Phi) is 4.35. The topological polar surface area (TPSA) is 68.0 Å². The largest absolute Gasteiger partial charge is 0.399 e. The van der Waals surface area contributed by atoms with E-state index >= 15 is 0 Å².